The second-order valence-electron chi connectivity index (χ2n) is 1.41. The Labute approximate surface area is 61.4 Å². The fourth-order valence-corrected chi connectivity index (χ4v) is 0.918. The number of carbonyl (C=O) groups excluding carboxylic acids is 1. The van der Waals surface area contributed by atoms with E-state index < -0.39 is 0 Å². The van der Waals surface area contributed by atoms with Crippen molar-refractivity contribution in [1.29, 1.82) is 0 Å². The van der Waals surface area contributed by atoms with Crippen LogP contribution in [0.3, 0.4) is 0 Å². The van der Waals surface area contributed by atoms with Crippen molar-refractivity contribution in [3.05, 3.63) is 0 Å². The van der Waals surface area contributed by atoms with Gasteiger partial charge in [-0.1, -0.05) is 11.8 Å². The van der Waals surface area contributed by atoms with Crippen LogP contribution in [-0.2, 0) is 21.3 Å². The van der Waals surface area contributed by atoms with Gasteiger partial charge in [-0.3, -0.25) is 4.79 Å². The maximum absolute atomic E-state index is 10.5. The van der Waals surface area contributed by atoms with E-state index in [0.29, 0.717) is 13.0 Å². The van der Waals surface area contributed by atoms with Crippen LogP contribution in [0.25, 0.3) is 0 Å². The summed E-state index contributed by atoms with van der Waals surface area (Å²) in [5.41, 5.74) is 0. The summed E-state index contributed by atoms with van der Waals surface area (Å²) in [6.07, 6.45) is 1.19. The number of ether oxygens (including phenoxy) is 1. The van der Waals surface area contributed by atoms with Gasteiger partial charge in [0.15, 0.2) is 0 Å². The zero-order chi connectivity index (χ0) is 7.11. The first-order valence-corrected chi connectivity index (χ1v) is 4.85. The van der Waals surface area contributed by atoms with E-state index >= 15 is 0 Å². The minimum Gasteiger partial charge on any atom is -0.466 e. The average Bonchev–Trinajstić information content (AvgIpc) is 1.85. The molecule has 52 valence electrons. The molecule has 0 aliphatic carbocycles. The smallest absolute Gasteiger partial charge is 0.306 e. The maximum Gasteiger partial charge on any atom is 0.306 e. The molecule has 0 heterocycles. The average molecular weight is 164 g/mol. The zero-order valence-electron chi connectivity index (χ0n) is 5.29. The van der Waals surface area contributed by atoms with Crippen LogP contribution in [0.5, 0.6) is 0 Å². The minimum absolute atomic E-state index is 0.144. The van der Waals surface area contributed by atoms with Crippen molar-refractivity contribution >= 4 is 25.1 Å². The molecule has 0 aromatic heterocycles. The van der Waals surface area contributed by atoms with Crippen LogP contribution >= 0.6 is 7.36 Å². The van der Waals surface area contributed by atoms with Gasteiger partial charge in [0.2, 0.25) is 0 Å². The predicted octanol–water partition coefficient (Wildman–Crippen LogP) is 1.35. The van der Waals surface area contributed by atoms with Crippen LogP contribution in [0.2, 0.25) is 0 Å². The van der Waals surface area contributed by atoms with Gasteiger partial charge in [-0.15, -0.1) is 0 Å². The topological polar surface area (TPSA) is 26.3 Å². The molecule has 0 N–H and O–H groups in total. The summed E-state index contributed by atoms with van der Waals surface area (Å²) < 4.78 is 4.65. The molecule has 9 heavy (non-hydrogen) atoms. The molecule has 0 unspecified atom stereocenters. The second-order valence-corrected chi connectivity index (χ2v) is 2.89. The molecule has 0 atom stereocenters. The molecular formula is C5H9O2PS. The van der Waals surface area contributed by atoms with Crippen molar-refractivity contribution in [2.24, 2.45) is 0 Å². The van der Waals surface area contributed by atoms with Crippen molar-refractivity contribution < 1.29 is 9.53 Å². The first-order chi connectivity index (χ1) is 4.31. The van der Waals surface area contributed by atoms with Gasteiger partial charge < -0.3 is 4.74 Å². The fraction of sp³-hybridized carbons (Fsp3) is 0.800. The molecule has 0 aromatic rings. The third-order valence-electron chi connectivity index (χ3n) is 0.713. The summed E-state index contributed by atoms with van der Waals surface area (Å²) in [5.74, 6) is -0.144. The Morgan fingerprint density at radius 3 is 2.89 bits per heavy atom. The van der Waals surface area contributed by atoms with Crippen molar-refractivity contribution in [3.8, 4) is 0 Å². The first kappa shape index (κ1) is 8.99. The minimum atomic E-state index is -0.144. The lowest BCUT2D eigenvalue weighted by molar-refractivity contribution is -0.142. The fourth-order valence-electron chi connectivity index (χ4n) is 0.370. The number of carbonyl (C=O) groups is 1. The van der Waals surface area contributed by atoms with Crippen molar-refractivity contribution in [2.45, 2.75) is 13.3 Å². The molecule has 0 radical (unpaired) electrons. The van der Waals surface area contributed by atoms with Gasteiger partial charge in [0.1, 0.15) is 0 Å². The lowest BCUT2D eigenvalue weighted by Crippen LogP contribution is -2.03. The molecule has 0 aliphatic heterocycles. The summed E-state index contributed by atoms with van der Waals surface area (Å²) in [5, 5.41) is 0. The van der Waals surface area contributed by atoms with E-state index in [-0.39, 0.29) is 5.97 Å². The molecule has 0 rings (SSSR count). The van der Waals surface area contributed by atoms with E-state index in [1.54, 1.807) is 6.92 Å². The van der Waals surface area contributed by atoms with Crippen molar-refractivity contribution in [1.82, 2.24) is 0 Å². The standard InChI is InChI=1S/C5H9O2PS/c1-2-7-5(6)3-4-8-9/h2-4H2,1H3. The maximum atomic E-state index is 10.5. The summed E-state index contributed by atoms with van der Waals surface area (Å²) >= 11 is 4.62. The highest BCUT2D eigenvalue weighted by molar-refractivity contribution is 7.96. The summed E-state index contributed by atoms with van der Waals surface area (Å²) in [6.45, 7) is 2.26. The highest BCUT2D eigenvalue weighted by atomic mass is 32.4. The Kier molecular flexibility index (Phi) is 6.11. The largest absolute Gasteiger partial charge is 0.466 e. The zero-order valence-corrected chi connectivity index (χ0v) is 7.00. The van der Waals surface area contributed by atoms with Crippen LogP contribution in [0.15, 0.2) is 0 Å². The molecule has 4 heteroatoms. The summed E-state index contributed by atoms with van der Waals surface area (Å²) in [4.78, 5) is 10.5. The van der Waals surface area contributed by atoms with E-state index in [4.69, 9.17) is 0 Å². The van der Waals surface area contributed by atoms with E-state index in [2.05, 4.69) is 16.5 Å². The molecule has 0 aliphatic rings. The number of hydrogen-bond donors (Lipinski definition) is 0. The molecule has 0 bridgehead atoms. The molecule has 0 amide bonds. The quantitative estimate of drug-likeness (QED) is 0.463. The van der Waals surface area contributed by atoms with Gasteiger partial charge >= 0.3 is 5.97 Å². The van der Waals surface area contributed by atoms with Gasteiger partial charge in [-0.25, -0.2) is 0 Å². The van der Waals surface area contributed by atoms with Crippen LogP contribution < -0.4 is 0 Å². The van der Waals surface area contributed by atoms with E-state index in [0.717, 1.165) is 13.5 Å². The monoisotopic (exact) mass is 164 g/mol. The summed E-state index contributed by atoms with van der Waals surface area (Å²) in [6, 6.07) is 0. The van der Waals surface area contributed by atoms with Gasteiger partial charge in [-0.2, -0.15) is 0 Å². The van der Waals surface area contributed by atoms with E-state index in [9.17, 15) is 4.79 Å². The third-order valence-corrected chi connectivity index (χ3v) is 1.67. The molecule has 2 nitrogen and oxygen atoms in total. The normalized spacial score (nSPS) is 9.44. The molecule has 0 fully saturated rings. The predicted molar refractivity (Wildman–Crippen MR) is 40.4 cm³/mol. The lowest BCUT2D eigenvalue weighted by Gasteiger charge is -1.96. The van der Waals surface area contributed by atoms with E-state index in [1.165, 1.54) is 0 Å². The highest BCUT2D eigenvalue weighted by Crippen LogP contribution is 1.96. The van der Waals surface area contributed by atoms with Crippen LogP contribution in [-0.4, -0.2) is 18.7 Å². The number of hydrogen-bond acceptors (Lipinski definition) is 3. The molecule has 0 aromatic carbocycles. The van der Waals surface area contributed by atoms with Crippen LogP contribution in [0.4, 0.5) is 0 Å². The second kappa shape index (κ2) is 6.12. The molecule has 0 saturated carbocycles. The van der Waals surface area contributed by atoms with Crippen LogP contribution in [0, 0.1) is 0 Å². The molecular weight excluding hydrogens is 155 g/mol. The molecule has 0 saturated heterocycles. The first-order valence-electron chi connectivity index (χ1n) is 2.76. The van der Waals surface area contributed by atoms with Gasteiger partial charge in [0.25, 0.3) is 0 Å². The van der Waals surface area contributed by atoms with Crippen molar-refractivity contribution in [2.75, 3.05) is 12.8 Å². The number of esters is 1. The van der Waals surface area contributed by atoms with Gasteiger partial charge in [0.05, 0.1) is 13.0 Å². The Balaban J connectivity index is 3.16. The Morgan fingerprint density at radius 1 is 1.78 bits per heavy atom. The third kappa shape index (κ3) is 5.87. The Bertz CT molecular complexity index is 105. The van der Waals surface area contributed by atoms with Crippen LogP contribution in [0.1, 0.15) is 13.3 Å². The van der Waals surface area contributed by atoms with Crippen molar-refractivity contribution in [3.63, 3.8) is 0 Å². The Hall–Kier alpha value is -0.0100. The lowest BCUT2D eigenvalue weighted by atomic mass is 10.5. The SMILES string of the molecule is CCOC(=O)CCP=S. The highest BCUT2D eigenvalue weighted by Gasteiger charge is 1.97. The van der Waals surface area contributed by atoms with Gasteiger partial charge in [-0.05, 0) is 14.3 Å². The summed E-state index contributed by atoms with van der Waals surface area (Å²) in [7, 11) is 0.838. The Morgan fingerprint density at radius 2 is 2.44 bits per heavy atom. The van der Waals surface area contributed by atoms with Gasteiger partial charge in [0, 0.05) is 6.16 Å². The van der Waals surface area contributed by atoms with E-state index in [1.807, 2.05) is 0 Å². The molecule has 0 spiro atoms. The number of rotatable bonds is 4.